The largest absolute Gasteiger partial charge is 0.487 e. The fraction of sp³-hybridized carbons (Fsp3) is 0.381. The third kappa shape index (κ3) is 3.52. The smallest absolute Gasteiger partial charge is 0.335 e. The number of carbonyl (C=O) groups is 2. The lowest BCUT2D eigenvalue weighted by Crippen LogP contribution is -2.28. The molecule has 0 unspecified atom stereocenters. The van der Waals surface area contributed by atoms with E-state index in [1.807, 2.05) is 13.8 Å². The highest BCUT2D eigenvalue weighted by Gasteiger charge is 2.34. The normalized spacial score (nSPS) is 17.1. The van der Waals surface area contributed by atoms with Crippen molar-refractivity contribution in [2.45, 2.75) is 38.7 Å². The molecule has 28 heavy (non-hydrogen) atoms. The summed E-state index contributed by atoms with van der Waals surface area (Å²) >= 11 is 0. The summed E-state index contributed by atoms with van der Waals surface area (Å²) in [6.07, 6.45) is 4.15. The number of ether oxygens (including phenoxy) is 2. The molecule has 0 spiro atoms. The maximum Gasteiger partial charge on any atom is 0.335 e. The number of carbonyl (C=O) groups excluding carboxylic acids is 1. The van der Waals surface area contributed by atoms with Gasteiger partial charge in [-0.1, -0.05) is 0 Å². The predicted molar refractivity (Wildman–Crippen MR) is 101 cm³/mol. The Morgan fingerprint density at radius 1 is 1.21 bits per heavy atom. The van der Waals surface area contributed by atoms with E-state index < -0.39 is 11.6 Å². The molecule has 2 aliphatic rings. The molecule has 146 valence electrons. The van der Waals surface area contributed by atoms with Gasteiger partial charge in [0.2, 0.25) is 0 Å². The molecule has 1 N–H and O–H groups in total. The van der Waals surface area contributed by atoms with Gasteiger partial charge in [0.05, 0.1) is 11.8 Å². The summed E-state index contributed by atoms with van der Waals surface area (Å²) in [7, 11) is 0. The van der Waals surface area contributed by atoms with Crippen LogP contribution in [0, 0.1) is 0 Å². The lowest BCUT2D eigenvalue weighted by molar-refractivity contribution is 0.0694. The third-order valence-electron chi connectivity index (χ3n) is 4.98. The van der Waals surface area contributed by atoms with Gasteiger partial charge in [-0.3, -0.25) is 4.79 Å². The minimum atomic E-state index is -1.05. The van der Waals surface area contributed by atoms with Gasteiger partial charge in [-0.05, 0) is 51.0 Å². The summed E-state index contributed by atoms with van der Waals surface area (Å²) < 4.78 is 11.8. The van der Waals surface area contributed by atoms with Gasteiger partial charge in [-0.2, -0.15) is 0 Å². The van der Waals surface area contributed by atoms with Gasteiger partial charge >= 0.3 is 5.97 Å². The second-order valence-corrected chi connectivity index (χ2v) is 7.78. The molecule has 0 bridgehead atoms. The lowest BCUT2D eigenvalue weighted by atomic mass is 10.00. The first-order valence-corrected chi connectivity index (χ1v) is 9.35. The SMILES string of the molecule is CC1(C)Cc2c(Oc3ccc(C(=O)N4CCCC4)nc3)cc(C(=O)O)cc2O1. The van der Waals surface area contributed by atoms with Gasteiger partial charge in [0.25, 0.3) is 5.91 Å². The first kappa shape index (κ1) is 18.3. The average molecular weight is 382 g/mol. The van der Waals surface area contributed by atoms with Crippen molar-refractivity contribution in [1.29, 1.82) is 0 Å². The van der Waals surface area contributed by atoms with E-state index in [1.54, 1.807) is 17.0 Å². The summed E-state index contributed by atoms with van der Waals surface area (Å²) in [5.41, 5.74) is 0.873. The monoisotopic (exact) mass is 382 g/mol. The molecule has 1 amide bonds. The molecule has 1 fully saturated rings. The Balaban J connectivity index is 1.59. The van der Waals surface area contributed by atoms with E-state index in [4.69, 9.17) is 9.47 Å². The standard InChI is InChI=1S/C21H22N2O5/c1-21(2)11-15-17(9-13(20(25)26)10-18(15)28-21)27-14-5-6-16(22-12-14)19(24)23-7-3-4-8-23/h5-6,9-10,12H,3-4,7-8,11H2,1-2H3,(H,25,26). The molecule has 1 aromatic carbocycles. The maximum atomic E-state index is 12.4. The molecular formula is C21H22N2O5. The molecule has 3 heterocycles. The van der Waals surface area contributed by atoms with Crippen molar-refractivity contribution in [1.82, 2.24) is 9.88 Å². The summed E-state index contributed by atoms with van der Waals surface area (Å²) in [5.74, 6) is 0.264. The number of rotatable bonds is 4. The van der Waals surface area contributed by atoms with Gasteiger partial charge in [0.15, 0.2) is 0 Å². The van der Waals surface area contributed by atoms with Crippen LogP contribution in [0.25, 0.3) is 0 Å². The Kier molecular flexibility index (Phi) is 4.45. The first-order chi connectivity index (χ1) is 13.3. The van der Waals surface area contributed by atoms with E-state index >= 15 is 0 Å². The van der Waals surface area contributed by atoms with Crippen LogP contribution in [-0.4, -0.2) is 45.6 Å². The van der Waals surface area contributed by atoms with Crippen molar-refractivity contribution in [3.05, 3.63) is 47.3 Å². The lowest BCUT2D eigenvalue weighted by Gasteiger charge is -2.16. The van der Waals surface area contributed by atoms with Gasteiger partial charge < -0.3 is 19.5 Å². The van der Waals surface area contributed by atoms with E-state index in [0.29, 0.717) is 29.4 Å². The number of aromatic carboxylic acids is 1. The quantitative estimate of drug-likeness (QED) is 0.870. The first-order valence-electron chi connectivity index (χ1n) is 9.35. The number of likely N-dealkylation sites (tertiary alicyclic amines) is 1. The van der Waals surface area contributed by atoms with Crippen molar-refractivity contribution >= 4 is 11.9 Å². The summed E-state index contributed by atoms with van der Waals surface area (Å²) in [4.78, 5) is 29.9. The number of carboxylic acids is 1. The zero-order valence-corrected chi connectivity index (χ0v) is 15.9. The van der Waals surface area contributed by atoms with Gasteiger partial charge in [-0.15, -0.1) is 0 Å². The molecule has 7 nitrogen and oxygen atoms in total. The molecule has 0 radical (unpaired) electrons. The van der Waals surface area contributed by atoms with Crippen LogP contribution >= 0.6 is 0 Å². The van der Waals surface area contributed by atoms with Crippen LogP contribution in [0.4, 0.5) is 0 Å². The second-order valence-electron chi connectivity index (χ2n) is 7.78. The molecule has 2 aromatic rings. The van der Waals surface area contributed by atoms with E-state index in [1.165, 1.54) is 18.3 Å². The topological polar surface area (TPSA) is 89.0 Å². The van der Waals surface area contributed by atoms with Crippen LogP contribution in [0.15, 0.2) is 30.5 Å². The molecule has 0 aliphatic carbocycles. The number of aromatic nitrogens is 1. The van der Waals surface area contributed by atoms with Crippen LogP contribution in [0.2, 0.25) is 0 Å². The highest BCUT2D eigenvalue weighted by molar-refractivity contribution is 5.92. The minimum absolute atomic E-state index is 0.0760. The average Bonchev–Trinajstić information content (AvgIpc) is 3.28. The summed E-state index contributed by atoms with van der Waals surface area (Å²) in [5, 5.41) is 9.37. The Morgan fingerprint density at radius 2 is 1.96 bits per heavy atom. The van der Waals surface area contributed by atoms with Crippen LogP contribution in [-0.2, 0) is 6.42 Å². The fourth-order valence-corrected chi connectivity index (χ4v) is 3.64. The maximum absolute atomic E-state index is 12.4. The van der Waals surface area contributed by atoms with Crippen LogP contribution in [0.1, 0.15) is 53.1 Å². The molecule has 2 aliphatic heterocycles. The zero-order chi connectivity index (χ0) is 19.9. The van der Waals surface area contributed by atoms with E-state index in [-0.39, 0.29) is 11.5 Å². The molecule has 4 rings (SSSR count). The molecule has 0 atom stereocenters. The van der Waals surface area contributed by atoms with E-state index in [2.05, 4.69) is 4.98 Å². The van der Waals surface area contributed by atoms with Crippen molar-refractivity contribution in [2.75, 3.05) is 13.1 Å². The van der Waals surface area contributed by atoms with Crippen molar-refractivity contribution in [3.8, 4) is 17.2 Å². The van der Waals surface area contributed by atoms with Crippen molar-refractivity contribution in [2.24, 2.45) is 0 Å². The van der Waals surface area contributed by atoms with Gasteiger partial charge in [-0.25, -0.2) is 9.78 Å². The Bertz CT molecular complexity index is 931. The van der Waals surface area contributed by atoms with Gasteiger partial charge in [0.1, 0.15) is 28.5 Å². The number of hydrogen-bond acceptors (Lipinski definition) is 5. The van der Waals surface area contributed by atoms with E-state index in [9.17, 15) is 14.7 Å². The predicted octanol–water partition coefficient (Wildman–Crippen LogP) is 3.52. The Labute approximate surface area is 162 Å². The molecule has 1 aromatic heterocycles. The van der Waals surface area contributed by atoms with Crippen molar-refractivity contribution < 1.29 is 24.2 Å². The van der Waals surface area contributed by atoms with Crippen molar-refractivity contribution in [3.63, 3.8) is 0 Å². The number of fused-ring (bicyclic) bond motifs is 1. The number of nitrogens with zero attached hydrogens (tertiary/aromatic N) is 2. The van der Waals surface area contributed by atoms with Crippen LogP contribution in [0.3, 0.4) is 0 Å². The molecular weight excluding hydrogens is 360 g/mol. The Morgan fingerprint density at radius 3 is 2.61 bits per heavy atom. The van der Waals surface area contributed by atoms with E-state index in [0.717, 1.165) is 31.5 Å². The highest BCUT2D eigenvalue weighted by atomic mass is 16.5. The highest BCUT2D eigenvalue weighted by Crippen LogP contribution is 2.42. The molecule has 1 saturated heterocycles. The fourth-order valence-electron chi connectivity index (χ4n) is 3.64. The number of benzene rings is 1. The molecule has 7 heteroatoms. The minimum Gasteiger partial charge on any atom is -0.487 e. The summed E-state index contributed by atoms with van der Waals surface area (Å²) in [6, 6.07) is 6.33. The summed E-state index contributed by atoms with van der Waals surface area (Å²) in [6.45, 7) is 5.42. The van der Waals surface area contributed by atoms with Crippen LogP contribution in [0.5, 0.6) is 17.2 Å². The van der Waals surface area contributed by atoms with Gasteiger partial charge in [0, 0.05) is 25.1 Å². The number of amides is 1. The molecule has 0 saturated carbocycles. The number of carboxylic acid groups (broad SMARTS) is 1. The number of pyridine rings is 1. The third-order valence-corrected chi connectivity index (χ3v) is 4.98. The number of hydrogen-bond donors (Lipinski definition) is 1. The zero-order valence-electron chi connectivity index (χ0n) is 15.9. The Hall–Kier alpha value is -3.09. The second kappa shape index (κ2) is 6.82. The van der Waals surface area contributed by atoms with Crippen LogP contribution < -0.4 is 9.47 Å².